The zero-order valence-electron chi connectivity index (χ0n) is 28.9. The molecular weight excluding hydrogens is 603 g/mol. The third-order valence-electron chi connectivity index (χ3n) is 11.1. The molecule has 5 aliphatic rings. The molecule has 0 aliphatic heterocycles. The normalized spacial score (nSPS) is 14.0. The van der Waals surface area contributed by atoms with Gasteiger partial charge in [-0.1, -0.05) is 147 Å². The van der Waals surface area contributed by atoms with Crippen LogP contribution in [0.25, 0.3) is 33.4 Å². The molecule has 12 rings (SSSR count). The molecule has 1 nitrogen and oxygen atoms in total. The van der Waals surface area contributed by atoms with E-state index in [1.165, 1.54) is 83.8 Å². The summed E-state index contributed by atoms with van der Waals surface area (Å²) in [5, 5.41) is 0. The number of nitrogens with zero attached hydrogens (tertiary/aromatic N) is 1. The van der Waals surface area contributed by atoms with Crippen molar-refractivity contribution in [3.63, 3.8) is 0 Å². The van der Waals surface area contributed by atoms with Gasteiger partial charge in [0.1, 0.15) is 0 Å². The van der Waals surface area contributed by atoms with Gasteiger partial charge in [-0.25, -0.2) is 0 Å². The fraction of sp³-hybridized carbons (Fsp3) is 0.143. The van der Waals surface area contributed by atoms with E-state index in [0.717, 1.165) is 25.7 Å². The summed E-state index contributed by atoms with van der Waals surface area (Å²) >= 11 is 0. The fourth-order valence-electron chi connectivity index (χ4n) is 8.25. The van der Waals surface area contributed by atoms with Crippen LogP contribution in [0.5, 0.6) is 0 Å². The van der Waals surface area contributed by atoms with Gasteiger partial charge in [0, 0.05) is 22.4 Å². The number of aryl methyl sites for hydroxylation is 4. The topological polar surface area (TPSA) is 3.24 Å². The third-order valence-corrected chi connectivity index (χ3v) is 11.1. The van der Waals surface area contributed by atoms with Crippen molar-refractivity contribution in [2.45, 2.75) is 44.9 Å². The number of hydrogen-bond acceptors (Lipinski definition) is 1. The molecule has 0 spiro atoms. The van der Waals surface area contributed by atoms with Crippen LogP contribution < -0.4 is 4.90 Å². The number of hydrogen-bond donors (Lipinski definition) is 0. The van der Waals surface area contributed by atoms with E-state index >= 15 is 0 Å². The molecular formula is C49H41N. The highest BCUT2D eigenvalue weighted by molar-refractivity contribution is 5.92. The number of anilines is 3. The number of fused-ring (bicyclic) bond motifs is 3. The zero-order valence-corrected chi connectivity index (χ0v) is 28.9. The first-order chi connectivity index (χ1) is 24.5. The Morgan fingerprint density at radius 2 is 1.04 bits per heavy atom. The Morgan fingerprint density at radius 1 is 0.400 bits per heavy atom. The van der Waals surface area contributed by atoms with Gasteiger partial charge < -0.3 is 4.90 Å². The van der Waals surface area contributed by atoms with Crippen molar-refractivity contribution in [2.75, 3.05) is 4.90 Å². The second-order valence-corrected chi connectivity index (χ2v) is 14.5. The van der Waals surface area contributed by atoms with Gasteiger partial charge in [0.25, 0.3) is 0 Å². The van der Waals surface area contributed by atoms with Crippen molar-refractivity contribution in [2.24, 2.45) is 0 Å². The highest BCUT2D eigenvalue weighted by atomic mass is 15.1. The smallest absolute Gasteiger partial charge is 0.0540 e. The van der Waals surface area contributed by atoms with Gasteiger partial charge in [-0.05, 0) is 117 Å². The Balaban J connectivity index is 1.23. The van der Waals surface area contributed by atoms with Crippen LogP contribution in [0.4, 0.5) is 17.1 Å². The third kappa shape index (κ3) is 5.35. The average Bonchev–Trinajstić information content (AvgIpc) is 3.39. The molecule has 5 aliphatic carbocycles. The highest BCUT2D eigenvalue weighted by Crippen LogP contribution is 2.52. The molecule has 0 saturated heterocycles. The van der Waals surface area contributed by atoms with Crippen LogP contribution in [0.2, 0.25) is 0 Å². The standard InChI is InChI=1S/C49H41N/c1-49(2)45-30-27-40(37-11-5-3-6-12-37)32-44(45)43-29-28-41(33-46(43)49)50(47-16-10-9-15-42(47)38-13-7-4-8-14-38)48-31-36-22-21-34-17-19-35(20-18-34)23-25-39(48)26-24-36/h3-20,24,26-33H,21-23,25H2,1-2H3. The van der Waals surface area contributed by atoms with Crippen molar-refractivity contribution in [3.05, 3.63) is 197 Å². The van der Waals surface area contributed by atoms with Crippen molar-refractivity contribution in [3.8, 4) is 33.4 Å². The quantitative estimate of drug-likeness (QED) is 0.180. The Bertz CT molecular complexity index is 2330. The maximum Gasteiger partial charge on any atom is 0.0540 e. The van der Waals surface area contributed by atoms with Gasteiger partial charge in [-0.15, -0.1) is 0 Å². The summed E-state index contributed by atoms with van der Waals surface area (Å²) in [6.45, 7) is 4.78. The maximum atomic E-state index is 2.56. The van der Waals surface area contributed by atoms with E-state index in [4.69, 9.17) is 0 Å². The number of benzene rings is 7. The summed E-state index contributed by atoms with van der Waals surface area (Å²) in [5.41, 5.74) is 19.5. The zero-order chi connectivity index (χ0) is 33.7. The first-order valence-electron chi connectivity index (χ1n) is 18.0. The Morgan fingerprint density at radius 3 is 1.80 bits per heavy atom. The lowest BCUT2D eigenvalue weighted by Gasteiger charge is -2.32. The first kappa shape index (κ1) is 30.4. The Labute approximate surface area is 296 Å². The lowest BCUT2D eigenvalue weighted by Crippen LogP contribution is -2.18. The molecule has 1 heteroatoms. The van der Waals surface area contributed by atoms with Crippen molar-refractivity contribution in [1.29, 1.82) is 0 Å². The second kappa shape index (κ2) is 12.3. The van der Waals surface area contributed by atoms with Gasteiger partial charge in [0.2, 0.25) is 0 Å². The molecule has 7 aromatic carbocycles. The van der Waals surface area contributed by atoms with E-state index in [2.05, 4.69) is 183 Å². The molecule has 242 valence electrons. The molecule has 0 atom stereocenters. The van der Waals surface area contributed by atoms with Crippen LogP contribution in [0, 0.1) is 0 Å². The summed E-state index contributed by atoms with van der Waals surface area (Å²) in [7, 11) is 0. The molecule has 0 heterocycles. The lowest BCUT2D eigenvalue weighted by atomic mass is 9.82. The predicted octanol–water partition coefficient (Wildman–Crippen LogP) is 12.7. The van der Waals surface area contributed by atoms with Gasteiger partial charge in [-0.2, -0.15) is 0 Å². The van der Waals surface area contributed by atoms with Gasteiger partial charge in [0.15, 0.2) is 0 Å². The van der Waals surface area contributed by atoms with Crippen molar-refractivity contribution in [1.82, 2.24) is 0 Å². The lowest BCUT2D eigenvalue weighted by molar-refractivity contribution is 0.660. The van der Waals surface area contributed by atoms with Gasteiger partial charge >= 0.3 is 0 Å². The molecule has 7 aromatic rings. The van der Waals surface area contributed by atoms with Crippen LogP contribution in [0.1, 0.15) is 47.2 Å². The van der Waals surface area contributed by atoms with Crippen LogP contribution in [0.3, 0.4) is 0 Å². The monoisotopic (exact) mass is 643 g/mol. The molecule has 0 N–H and O–H groups in total. The molecule has 0 aromatic heterocycles. The minimum Gasteiger partial charge on any atom is -0.310 e. The second-order valence-electron chi connectivity index (χ2n) is 14.5. The van der Waals surface area contributed by atoms with E-state index in [0.29, 0.717) is 0 Å². The summed E-state index contributed by atoms with van der Waals surface area (Å²) < 4.78 is 0. The summed E-state index contributed by atoms with van der Waals surface area (Å²) in [6.07, 6.45) is 4.03. The van der Waals surface area contributed by atoms with Crippen LogP contribution in [-0.4, -0.2) is 0 Å². The van der Waals surface area contributed by atoms with Crippen molar-refractivity contribution < 1.29 is 0 Å². The van der Waals surface area contributed by atoms with Crippen LogP contribution in [0.15, 0.2) is 164 Å². The summed E-state index contributed by atoms with van der Waals surface area (Å²) in [6, 6.07) is 61.4. The van der Waals surface area contributed by atoms with E-state index in [9.17, 15) is 0 Å². The van der Waals surface area contributed by atoms with E-state index in [1.807, 2.05) is 0 Å². The molecule has 50 heavy (non-hydrogen) atoms. The maximum absolute atomic E-state index is 2.56. The minimum absolute atomic E-state index is 0.131. The van der Waals surface area contributed by atoms with Gasteiger partial charge in [0.05, 0.1) is 5.69 Å². The summed E-state index contributed by atoms with van der Waals surface area (Å²) in [5.74, 6) is 0. The SMILES string of the molecule is CC1(C)c2ccc(-c3ccccc3)cc2-c2ccc(N(c3cc4ccc3CCc3ccc(cc3)CC4)c3ccccc3-c3ccccc3)cc21. The average molecular weight is 644 g/mol. The van der Waals surface area contributed by atoms with E-state index < -0.39 is 0 Å². The number of para-hydroxylation sites is 1. The fourth-order valence-corrected chi connectivity index (χ4v) is 8.25. The molecule has 0 saturated carbocycles. The molecule has 4 bridgehead atoms. The number of rotatable bonds is 5. The molecule has 0 amide bonds. The summed E-state index contributed by atoms with van der Waals surface area (Å²) in [4.78, 5) is 2.56. The predicted molar refractivity (Wildman–Crippen MR) is 211 cm³/mol. The van der Waals surface area contributed by atoms with Crippen LogP contribution in [-0.2, 0) is 31.1 Å². The van der Waals surface area contributed by atoms with Crippen LogP contribution >= 0.6 is 0 Å². The molecule has 0 radical (unpaired) electrons. The van der Waals surface area contributed by atoms with E-state index in [-0.39, 0.29) is 5.41 Å². The Kier molecular flexibility index (Phi) is 7.50. The Hall–Kier alpha value is -5.66. The first-order valence-corrected chi connectivity index (χ1v) is 18.0. The van der Waals surface area contributed by atoms with Gasteiger partial charge in [-0.3, -0.25) is 0 Å². The minimum atomic E-state index is -0.131. The van der Waals surface area contributed by atoms with Crippen molar-refractivity contribution >= 4 is 17.1 Å². The van der Waals surface area contributed by atoms with E-state index in [1.54, 1.807) is 0 Å². The highest BCUT2D eigenvalue weighted by Gasteiger charge is 2.36. The largest absolute Gasteiger partial charge is 0.310 e. The molecule has 0 unspecified atom stereocenters. The molecule has 0 fully saturated rings.